The molecule has 2 fully saturated rings. The molecule has 0 spiro atoms. The smallest absolute Gasteiger partial charge is 0.246 e. The van der Waals surface area contributed by atoms with Gasteiger partial charge in [-0.3, -0.25) is 14.4 Å². The van der Waals surface area contributed by atoms with Crippen LogP contribution in [0.4, 0.5) is 5.82 Å². The predicted octanol–water partition coefficient (Wildman–Crippen LogP) is 5.19. The molecule has 0 saturated heterocycles. The average Bonchev–Trinajstić information content (AvgIpc) is 3.54. The van der Waals surface area contributed by atoms with Crippen molar-refractivity contribution in [3.05, 3.63) is 34.2 Å². The van der Waals surface area contributed by atoms with Crippen molar-refractivity contribution in [3.8, 4) is 0 Å². The molecular formula is C27H38N4O4S. The topological polar surface area (TPSA) is 105 Å². The van der Waals surface area contributed by atoms with Gasteiger partial charge in [0.15, 0.2) is 5.82 Å². The van der Waals surface area contributed by atoms with Crippen LogP contribution in [-0.2, 0) is 20.9 Å². The van der Waals surface area contributed by atoms with E-state index in [-0.39, 0.29) is 42.5 Å². The zero-order valence-corrected chi connectivity index (χ0v) is 22.2. The molecule has 2 aliphatic rings. The first kappa shape index (κ1) is 26.4. The number of nitrogens with zero attached hydrogens (tertiary/aromatic N) is 2. The number of carbonyl (C=O) groups excluding carboxylic acids is 3. The van der Waals surface area contributed by atoms with Crippen molar-refractivity contribution in [2.75, 3.05) is 5.32 Å². The van der Waals surface area contributed by atoms with Crippen molar-refractivity contribution < 1.29 is 18.9 Å². The number of nitrogens with one attached hydrogen (secondary N) is 2. The Labute approximate surface area is 217 Å². The predicted molar refractivity (Wildman–Crippen MR) is 139 cm³/mol. The monoisotopic (exact) mass is 514 g/mol. The number of rotatable bonds is 9. The third-order valence-corrected chi connectivity index (χ3v) is 8.59. The van der Waals surface area contributed by atoms with E-state index in [0.29, 0.717) is 24.5 Å². The number of hydrogen-bond donors (Lipinski definition) is 2. The summed E-state index contributed by atoms with van der Waals surface area (Å²) in [5.41, 5.74) is -0.906. The van der Waals surface area contributed by atoms with Crippen LogP contribution in [0.5, 0.6) is 0 Å². The Morgan fingerprint density at radius 3 is 2.58 bits per heavy atom. The van der Waals surface area contributed by atoms with Gasteiger partial charge in [-0.15, -0.1) is 11.3 Å². The molecule has 2 aromatic heterocycles. The molecule has 2 aromatic rings. The van der Waals surface area contributed by atoms with Crippen LogP contribution < -0.4 is 10.6 Å². The molecule has 2 heterocycles. The van der Waals surface area contributed by atoms with Crippen LogP contribution >= 0.6 is 11.3 Å². The number of hydrogen-bond acceptors (Lipinski definition) is 6. The molecule has 2 aliphatic carbocycles. The molecule has 4 rings (SSSR count). The summed E-state index contributed by atoms with van der Waals surface area (Å²) in [6.07, 6.45) is 9.02. The van der Waals surface area contributed by atoms with E-state index in [2.05, 4.69) is 22.7 Å². The van der Waals surface area contributed by atoms with Gasteiger partial charge in [-0.1, -0.05) is 50.3 Å². The van der Waals surface area contributed by atoms with Crippen LogP contribution in [0, 0.1) is 12.8 Å². The highest BCUT2D eigenvalue weighted by molar-refractivity contribution is 7.09. The summed E-state index contributed by atoms with van der Waals surface area (Å²) in [6, 6.07) is 5.78. The lowest BCUT2D eigenvalue weighted by Crippen LogP contribution is -2.65. The second kappa shape index (κ2) is 12.0. The molecule has 2 saturated carbocycles. The van der Waals surface area contributed by atoms with Gasteiger partial charge in [0.2, 0.25) is 17.7 Å². The lowest BCUT2D eigenvalue weighted by Gasteiger charge is -2.49. The van der Waals surface area contributed by atoms with Crippen molar-refractivity contribution in [2.24, 2.45) is 5.92 Å². The molecule has 0 aromatic carbocycles. The van der Waals surface area contributed by atoms with E-state index in [9.17, 15) is 14.4 Å². The Morgan fingerprint density at radius 1 is 1.14 bits per heavy atom. The van der Waals surface area contributed by atoms with E-state index in [1.807, 2.05) is 17.5 Å². The van der Waals surface area contributed by atoms with Gasteiger partial charge >= 0.3 is 0 Å². The molecule has 36 heavy (non-hydrogen) atoms. The van der Waals surface area contributed by atoms with Crippen LogP contribution in [-0.4, -0.2) is 39.4 Å². The number of anilines is 1. The van der Waals surface area contributed by atoms with Crippen LogP contribution in [0.1, 0.15) is 88.2 Å². The first-order chi connectivity index (χ1) is 17.4. The first-order valence-electron chi connectivity index (χ1n) is 13.3. The number of amides is 3. The fraction of sp³-hybridized carbons (Fsp3) is 0.630. The molecule has 2 N–H and O–H groups in total. The Bertz CT molecular complexity index is 1030. The summed E-state index contributed by atoms with van der Waals surface area (Å²) >= 11 is 1.58. The molecule has 8 nitrogen and oxygen atoms in total. The molecule has 2 atom stereocenters. The minimum Gasteiger partial charge on any atom is -0.360 e. The molecule has 0 unspecified atom stereocenters. The van der Waals surface area contributed by atoms with Gasteiger partial charge in [0.1, 0.15) is 11.3 Å². The highest BCUT2D eigenvalue weighted by Gasteiger charge is 2.51. The summed E-state index contributed by atoms with van der Waals surface area (Å²) in [5, 5.41) is 11.8. The zero-order valence-electron chi connectivity index (χ0n) is 21.4. The van der Waals surface area contributed by atoms with Crippen LogP contribution in [0.15, 0.2) is 28.1 Å². The Hall–Kier alpha value is -2.68. The summed E-state index contributed by atoms with van der Waals surface area (Å²) in [6.45, 7) is 4.23. The van der Waals surface area contributed by atoms with Crippen LogP contribution in [0.3, 0.4) is 0 Å². The second-order valence-corrected chi connectivity index (χ2v) is 11.3. The maximum atomic E-state index is 14.1. The minimum atomic E-state index is -0.906. The normalized spacial score (nSPS) is 22.7. The lowest BCUT2D eigenvalue weighted by atomic mass is 9.71. The quantitative estimate of drug-likeness (QED) is 0.479. The molecular weight excluding hydrogens is 476 g/mol. The van der Waals surface area contributed by atoms with Gasteiger partial charge in [0, 0.05) is 29.8 Å². The SMILES string of the molecule is Cc1cc(NC(=O)CCC(=O)N(Cc2cccs2)[C@]2(C(=O)NC3CCCCC3)CCCC[C@@H]2C)no1. The van der Waals surface area contributed by atoms with Gasteiger partial charge in [-0.05, 0) is 50.0 Å². The lowest BCUT2D eigenvalue weighted by molar-refractivity contribution is -0.156. The summed E-state index contributed by atoms with van der Waals surface area (Å²) in [5.74, 6) is 0.484. The average molecular weight is 515 g/mol. The maximum absolute atomic E-state index is 14.1. The summed E-state index contributed by atoms with van der Waals surface area (Å²) in [7, 11) is 0. The first-order valence-corrected chi connectivity index (χ1v) is 14.1. The van der Waals surface area contributed by atoms with Crippen molar-refractivity contribution in [1.82, 2.24) is 15.4 Å². The van der Waals surface area contributed by atoms with Crippen molar-refractivity contribution in [3.63, 3.8) is 0 Å². The van der Waals surface area contributed by atoms with E-state index >= 15 is 0 Å². The molecule has 3 amide bonds. The molecule has 196 valence electrons. The number of thiophene rings is 1. The summed E-state index contributed by atoms with van der Waals surface area (Å²) < 4.78 is 5.00. The van der Waals surface area contributed by atoms with Crippen LogP contribution in [0.25, 0.3) is 0 Å². The van der Waals surface area contributed by atoms with E-state index < -0.39 is 5.54 Å². The minimum absolute atomic E-state index is 0.0143. The van der Waals surface area contributed by atoms with Crippen molar-refractivity contribution in [1.29, 1.82) is 0 Å². The molecule has 0 aliphatic heterocycles. The number of carbonyl (C=O) groups is 3. The van der Waals surface area contributed by atoms with Crippen LogP contribution in [0.2, 0.25) is 0 Å². The van der Waals surface area contributed by atoms with E-state index in [4.69, 9.17) is 4.52 Å². The van der Waals surface area contributed by atoms with Crippen molar-refractivity contribution >= 4 is 34.9 Å². The largest absolute Gasteiger partial charge is 0.360 e. The highest BCUT2D eigenvalue weighted by Crippen LogP contribution is 2.41. The zero-order chi connectivity index (χ0) is 25.5. The van der Waals surface area contributed by atoms with Gasteiger partial charge < -0.3 is 20.1 Å². The number of aromatic nitrogens is 1. The molecule has 9 heteroatoms. The van der Waals surface area contributed by atoms with E-state index in [0.717, 1.165) is 49.8 Å². The highest BCUT2D eigenvalue weighted by atomic mass is 32.1. The second-order valence-electron chi connectivity index (χ2n) is 10.3. The fourth-order valence-corrected chi connectivity index (χ4v) is 6.44. The number of aryl methyl sites for hydroxylation is 1. The van der Waals surface area contributed by atoms with Gasteiger partial charge in [0.05, 0.1) is 6.54 Å². The molecule has 0 bridgehead atoms. The third-order valence-electron chi connectivity index (χ3n) is 7.73. The third kappa shape index (κ3) is 6.17. The van der Waals surface area contributed by atoms with Gasteiger partial charge in [-0.25, -0.2) is 0 Å². The van der Waals surface area contributed by atoms with Gasteiger partial charge in [0.25, 0.3) is 0 Å². The maximum Gasteiger partial charge on any atom is 0.246 e. The Kier molecular flexibility index (Phi) is 8.82. The standard InChI is InChI=1S/C27H38N4O4S/c1-19-9-6-7-15-27(19,26(34)28-21-10-4-3-5-11-21)31(18-22-12-8-16-36-22)25(33)14-13-24(32)29-23-17-20(2)35-30-23/h8,12,16-17,19,21H,3-7,9-11,13-15,18H2,1-2H3,(H,28,34)(H,29,30,32)/t19-,27+/m0/s1. The van der Waals surface area contributed by atoms with Crippen molar-refractivity contribution in [2.45, 2.75) is 103 Å². The van der Waals surface area contributed by atoms with Gasteiger partial charge in [-0.2, -0.15) is 0 Å². The Balaban J connectivity index is 1.54. The summed E-state index contributed by atoms with van der Waals surface area (Å²) in [4.78, 5) is 43.2. The fourth-order valence-electron chi connectivity index (χ4n) is 5.74. The van der Waals surface area contributed by atoms with E-state index in [1.165, 1.54) is 6.42 Å². The van der Waals surface area contributed by atoms with E-state index in [1.54, 1.807) is 29.2 Å². The molecule has 0 radical (unpaired) electrons. The Morgan fingerprint density at radius 2 is 1.92 bits per heavy atom.